The van der Waals surface area contributed by atoms with Crippen LogP contribution < -0.4 is 0 Å². The van der Waals surface area contributed by atoms with Gasteiger partial charge in [0.05, 0.1) is 13.4 Å². The molecule has 0 N–H and O–H groups in total. The monoisotopic (exact) mass is 170 g/mol. The van der Waals surface area contributed by atoms with E-state index in [1.54, 1.807) is 7.11 Å². The van der Waals surface area contributed by atoms with E-state index in [-0.39, 0.29) is 0 Å². The number of hydrogen-bond donors (Lipinski definition) is 0. The zero-order valence-corrected chi connectivity index (χ0v) is 9.05. The Morgan fingerprint density at radius 2 is 1.50 bits per heavy atom. The van der Waals surface area contributed by atoms with Crippen LogP contribution in [0.15, 0.2) is 11.8 Å². The summed E-state index contributed by atoms with van der Waals surface area (Å²) in [4.78, 5) is 0. The molecule has 0 amide bonds. The highest BCUT2D eigenvalue weighted by Gasteiger charge is 2.04. The minimum atomic E-state index is 0.727. The Labute approximate surface area is 76.8 Å². The van der Waals surface area contributed by atoms with Gasteiger partial charge in [-0.1, -0.05) is 27.7 Å². The van der Waals surface area contributed by atoms with Crippen molar-refractivity contribution >= 4 is 0 Å². The Bertz CT molecular complexity index is 122. The smallest absolute Gasteiger partial charge is 0.0816 e. The van der Waals surface area contributed by atoms with Crippen LogP contribution in [-0.4, -0.2) is 7.11 Å². The van der Waals surface area contributed by atoms with E-state index in [4.69, 9.17) is 4.74 Å². The highest BCUT2D eigenvalue weighted by Crippen LogP contribution is 2.18. The Hall–Kier alpha value is -0.460. The lowest BCUT2D eigenvalue weighted by atomic mass is 9.96. The molecule has 0 saturated heterocycles. The van der Waals surface area contributed by atoms with Crippen LogP contribution in [0.5, 0.6) is 0 Å². The summed E-state index contributed by atoms with van der Waals surface area (Å²) >= 11 is 0. The van der Waals surface area contributed by atoms with Crippen LogP contribution in [0, 0.1) is 11.8 Å². The largest absolute Gasteiger partial charge is 0.504 e. The van der Waals surface area contributed by atoms with E-state index in [0.29, 0.717) is 0 Å². The fraction of sp³-hybridized carbons (Fsp3) is 0.818. The SMILES string of the molecule is COC=C(CC(C)C)CC(C)C. The van der Waals surface area contributed by atoms with Gasteiger partial charge in [-0.3, -0.25) is 0 Å². The normalized spacial score (nSPS) is 10.6. The Morgan fingerprint density at radius 3 is 1.75 bits per heavy atom. The molecule has 0 aromatic heterocycles. The van der Waals surface area contributed by atoms with Crippen molar-refractivity contribution < 1.29 is 4.74 Å². The van der Waals surface area contributed by atoms with Gasteiger partial charge in [-0.05, 0) is 30.3 Å². The van der Waals surface area contributed by atoms with Crippen LogP contribution in [0.25, 0.3) is 0 Å². The molecule has 72 valence electrons. The molecule has 0 spiro atoms. The van der Waals surface area contributed by atoms with Gasteiger partial charge in [-0.2, -0.15) is 0 Å². The number of ether oxygens (including phenoxy) is 1. The van der Waals surface area contributed by atoms with E-state index < -0.39 is 0 Å². The van der Waals surface area contributed by atoms with Crippen LogP contribution in [0.3, 0.4) is 0 Å². The van der Waals surface area contributed by atoms with Crippen LogP contribution in [-0.2, 0) is 4.74 Å². The molecular formula is C11H22O. The Morgan fingerprint density at radius 1 is 1.08 bits per heavy atom. The van der Waals surface area contributed by atoms with Crippen molar-refractivity contribution in [3.63, 3.8) is 0 Å². The standard InChI is InChI=1S/C11H22O/c1-9(2)6-11(8-12-5)7-10(3)4/h8-10H,6-7H2,1-5H3. The summed E-state index contributed by atoms with van der Waals surface area (Å²) in [5, 5.41) is 0. The van der Waals surface area contributed by atoms with Gasteiger partial charge < -0.3 is 4.74 Å². The predicted molar refractivity (Wildman–Crippen MR) is 54.0 cm³/mol. The molecule has 0 fully saturated rings. The molecule has 0 radical (unpaired) electrons. The quantitative estimate of drug-likeness (QED) is 0.573. The summed E-state index contributed by atoms with van der Waals surface area (Å²) in [7, 11) is 1.72. The highest BCUT2D eigenvalue weighted by molar-refractivity contribution is 4.99. The predicted octanol–water partition coefficient (Wildman–Crippen LogP) is 3.61. The molecule has 0 unspecified atom stereocenters. The fourth-order valence-electron chi connectivity index (χ4n) is 1.39. The molecule has 0 aromatic rings. The molecule has 0 aliphatic rings. The van der Waals surface area contributed by atoms with E-state index in [2.05, 4.69) is 27.7 Å². The maximum Gasteiger partial charge on any atom is 0.0816 e. The molecule has 0 heterocycles. The average molecular weight is 170 g/mol. The van der Waals surface area contributed by atoms with E-state index >= 15 is 0 Å². The van der Waals surface area contributed by atoms with E-state index in [9.17, 15) is 0 Å². The zero-order valence-electron chi connectivity index (χ0n) is 9.05. The van der Waals surface area contributed by atoms with Gasteiger partial charge in [-0.25, -0.2) is 0 Å². The van der Waals surface area contributed by atoms with E-state index in [1.165, 1.54) is 5.57 Å². The first-order valence-electron chi connectivity index (χ1n) is 4.77. The molecule has 1 nitrogen and oxygen atoms in total. The van der Waals surface area contributed by atoms with Crippen LogP contribution in [0.2, 0.25) is 0 Å². The lowest BCUT2D eigenvalue weighted by molar-refractivity contribution is 0.327. The third-order valence-electron chi connectivity index (χ3n) is 1.63. The van der Waals surface area contributed by atoms with Gasteiger partial charge >= 0.3 is 0 Å². The van der Waals surface area contributed by atoms with Gasteiger partial charge in [-0.15, -0.1) is 0 Å². The van der Waals surface area contributed by atoms with Crippen LogP contribution in [0.1, 0.15) is 40.5 Å². The summed E-state index contributed by atoms with van der Waals surface area (Å²) in [6.07, 6.45) is 4.22. The maximum absolute atomic E-state index is 5.04. The van der Waals surface area contributed by atoms with Crippen molar-refractivity contribution in [2.45, 2.75) is 40.5 Å². The first-order chi connectivity index (χ1) is 5.56. The number of allylic oxidation sites excluding steroid dienone is 1. The number of rotatable bonds is 5. The van der Waals surface area contributed by atoms with Crippen LogP contribution >= 0.6 is 0 Å². The zero-order chi connectivity index (χ0) is 9.56. The number of hydrogen-bond acceptors (Lipinski definition) is 1. The molecular weight excluding hydrogens is 148 g/mol. The first-order valence-corrected chi connectivity index (χ1v) is 4.77. The van der Waals surface area contributed by atoms with Crippen molar-refractivity contribution in [2.24, 2.45) is 11.8 Å². The summed E-state index contributed by atoms with van der Waals surface area (Å²) in [6, 6.07) is 0. The molecule has 1 heteroatoms. The van der Waals surface area contributed by atoms with Crippen LogP contribution in [0.4, 0.5) is 0 Å². The van der Waals surface area contributed by atoms with Gasteiger partial charge in [0.1, 0.15) is 0 Å². The molecule has 12 heavy (non-hydrogen) atoms. The van der Waals surface area contributed by atoms with Crippen molar-refractivity contribution in [1.82, 2.24) is 0 Å². The highest BCUT2D eigenvalue weighted by atomic mass is 16.5. The van der Waals surface area contributed by atoms with Gasteiger partial charge in [0, 0.05) is 0 Å². The fourth-order valence-corrected chi connectivity index (χ4v) is 1.39. The van der Waals surface area contributed by atoms with Gasteiger partial charge in [0.15, 0.2) is 0 Å². The summed E-state index contributed by atoms with van der Waals surface area (Å²) in [6.45, 7) is 8.96. The van der Waals surface area contributed by atoms with Gasteiger partial charge in [0.25, 0.3) is 0 Å². The lowest BCUT2D eigenvalue weighted by Crippen LogP contribution is -1.97. The molecule has 0 aliphatic heterocycles. The van der Waals surface area contributed by atoms with Crippen molar-refractivity contribution in [3.05, 3.63) is 11.8 Å². The molecule has 0 bridgehead atoms. The summed E-state index contributed by atoms with van der Waals surface area (Å²) in [5.41, 5.74) is 1.43. The van der Waals surface area contributed by atoms with Crippen molar-refractivity contribution in [3.8, 4) is 0 Å². The van der Waals surface area contributed by atoms with E-state index in [0.717, 1.165) is 24.7 Å². The van der Waals surface area contributed by atoms with E-state index in [1.807, 2.05) is 6.26 Å². The second kappa shape index (κ2) is 6.10. The lowest BCUT2D eigenvalue weighted by Gasteiger charge is -2.11. The molecule has 0 saturated carbocycles. The average Bonchev–Trinajstić information content (AvgIpc) is 1.84. The molecule has 0 aromatic carbocycles. The van der Waals surface area contributed by atoms with Crippen molar-refractivity contribution in [2.75, 3.05) is 7.11 Å². The minimum Gasteiger partial charge on any atom is -0.504 e. The second-order valence-corrected chi connectivity index (χ2v) is 4.21. The third kappa shape index (κ3) is 6.26. The second-order valence-electron chi connectivity index (χ2n) is 4.21. The third-order valence-corrected chi connectivity index (χ3v) is 1.63. The summed E-state index contributed by atoms with van der Waals surface area (Å²) in [5.74, 6) is 1.45. The maximum atomic E-state index is 5.04. The summed E-state index contributed by atoms with van der Waals surface area (Å²) < 4.78 is 5.04. The first kappa shape index (κ1) is 11.5. The molecule has 0 atom stereocenters. The number of methoxy groups -OCH3 is 1. The topological polar surface area (TPSA) is 9.23 Å². The molecule has 0 aliphatic carbocycles. The molecule has 0 rings (SSSR count). The van der Waals surface area contributed by atoms with Crippen molar-refractivity contribution in [1.29, 1.82) is 0 Å². The minimum absolute atomic E-state index is 0.727. The Balaban J connectivity index is 3.96. The van der Waals surface area contributed by atoms with Gasteiger partial charge in [0.2, 0.25) is 0 Å². The Kier molecular flexibility index (Phi) is 5.87.